The van der Waals surface area contributed by atoms with E-state index in [1.807, 2.05) is 18.2 Å². The first-order valence-corrected chi connectivity index (χ1v) is 9.59. The summed E-state index contributed by atoms with van der Waals surface area (Å²) in [6.07, 6.45) is -2.73. The van der Waals surface area contributed by atoms with E-state index in [0.717, 1.165) is 8.96 Å². The van der Waals surface area contributed by atoms with Gasteiger partial charge in [0.25, 0.3) is 0 Å². The number of Topliss-reactive ketones (excluding diaryl/α,β-unsaturated/α-hetero) is 1. The van der Waals surface area contributed by atoms with E-state index in [4.69, 9.17) is 4.42 Å². The number of aromatic nitrogens is 3. The number of fused-ring (bicyclic) bond motifs is 1. The van der Waals surface area contributed by atoms with Crippen molar-refractivity contribution in [3.8, 4) is 17.1 Å². The molecule has 152 valence electrons. The quantitative estimate of drug-likeness (QED) is 0.162. The molecule has 2 heterocycles. The van der Waals surface area contributed by atoms with Gasteiger partial charge in [-0.05, 0) is 59.3 Å². The van der Waals surface area contributed by atoms with Crippen LogP contribution in [-0.4, -0.2) is 26.8 Å². The van der Waals surface area contributed by atoms with Gasteiger partial charge in [-0.25, -0.2) is 0 Å². The minimum Gasteiger partial charge on any atom is -0.413 e. The highest BCUT2D eigenvalue weighted by Gasteiger charge is 2.38. The van der Waals surface area contributed by atoms with Gasteiger partial charge < -0.3 is 8.98 Å². The number of hydrogen-bond donors (Lipinski definition) is 0. The molecule has 6 nitrogen and oxygen atoms in total. The number of hydrogen-bond acceptors (Lipinski definition) is 5. The summed E-state index contributed by atoms with van der Waals surface area (Å²) in [5, 5.41) is 7.92. The molecule has 0 unspecified atom stereocenters. The van der Waals surface area contributed by atoms with Crippen LogP contribution in [0.5, 0.6) is 0 Å². The van der Waals surface area contributed by atoms with Gasteiger partial charge in [0.15, 0.2) is 6.29 Å². The lowest BCUT2D eigenvalue weighted by molar-refractivity contribution is -0.156. The van der Waals surface area contributed by atoms with Crippen molar-refractivity contribution >= 4 is 45.4 Å². The molecule has 4 rings (SSSR count). The van der Waals surface area contributed by atoms with Gasteiger partial charge in [0, 0.05) is 31.8 Å². The molecule has 30 heavy (non-hydrogen) atoms. The van der Waals surface area contributed by atoms with Crippen LogP contribution in [0.4, 0.5) is 13.2 Å². The largest absolute Gasteiger partial charge is 0.470 e. The molecule has 0 aliphatic heterocycles. The first-order valence-electron chi connectivity index (χ1n) is 8.52. The SMILES string of the molecule is Cc1cc(-c2nnc(C(F)(F)F)o2)ccc1-n1cc2cccc(I)c2c1C(=O)C=O. The van der Waals surface area contributed by atoms with E-state index in [9.17, 15) is 22.8 Å². The maximum atomic E-state index is 12.7. The van der Waals surface area contributed by atoms with Crippen LogP contribution < -0.4 is 0 Å². The minimum absolute atomic E-state index is 0.220. The molecule has 0 aliphatic rings. The van der Waals surface area contributed by atoms with Crippen molar-refractivity contribution in [2.75, 3.05) is 0 Å². The van der Waals surface area contributed by atoms with Crippen molar-refractivity contribution in [2.24, 2.45) is 0 Å². The normalized spacial score (nSPS) is 11.8. The molecule has 0 fully saturated rings. The number of halogens is 4. The Morgan fingerprint density at radius 2 is 1.97 bits per heavy atom. The molecule has 10 heteroatoms. The topological polar surface area (TPSA) is 78.0 Å². The molecule has 0 saturated heterocycles. The third kappa shape index (κ3) is 3.40. The molecule has 0 bridgehead atoms. The van der Waals surface area contributed by atoms with Gasteiger partial charge in [0.1, 0.15) is 5.69 Å². The number of alkyl halides is 3. The fourth-order valence-electron chi connectivity index (χ4n) is 3.22. The maximum Gasteiger partial charge on any atom is 0.470 e. The summed E-state index contributed by atoms with van der Waals surface area (Å²) in [5.74, 6) is -2.37. The molecule has 0 N–H and O–H groups in total. The van der Waals surface area contributed by atoms with Crippen LogP contribution in [0.15, 0.2) is 47.0 Å². The highest BCUT2D eigenvalue weighted by molar-refractivity contribution is 14.1. The summed E-state index contributed by atoms with van der Waals surface area (Å²) in [6.45, 7) is 1.73. The molecule has 0 aliphatic carbocycles. The average molecular weight is 525 g/mol. The summed E-state index contributed by atoms with van der Waals surface area (Å²) < 4.78 is 45.3. The summed E-state index contributed by atoms with van der Waals surface area (Å²) in [4.78, 5) is 23.7. The van der Waals surface area contributed by atoms with Gasteiger partial charge in [0.2, 0.25) is 11.7 Å². The Morgan fingerprint density at radius 1 is 1.20 bits per heavy atom. The van der Waals surface area contributed by atoms with Crippen LogP contribution in [0.1, 0.15) is 21.9 Å². The Kier molecular flexibility index (Phi) is 4.96. The second-order valence-electron chi connectivity index (χ2n) is 6.45. The number of carbonyl (C=O) groups is 2. The lowest BCUT2D eigenvalue weighted by Gasteiger charge is -2.11. The summed E-state index contributed by atoms with van der Waals surface area (Å²) in [5.41, 5.74) is 1.74. The third-order valence-electron chi connectivity index (χ3n) is 4.50. The predicted octanol–water partition coefficient (Wildman–Crippen LogP) is 4.99. The van der Waals surface area contributed by atoms with Crippen LogP contribution in [0, 0.1) is 10.5 Å². The average Bonchev–Trinajstić information content (AvgIpc) is 3.33. The van der Waals surface area contributed by atoms with Crippen LogP contribution in [0.2, 0.25) is 0 Å². The zero-order chi connectivity index (χ0) is 21.6. The summed E-state index contributed by atoms with van der Waals surface area (Å²) in [7, 11) is 0. The first kappa shape index (κ1) is 20.3. The summed E-state index contributed by atoms with van der Waals surface area (Å²) in [6, 6.07) is 10.2. The van der Waals surface area contributed by atoms with Gasteiger partial charge in [-0.2, -0.15) is 13.2 Å². The number of ketones is 1. The van der Waals surface area contributed by atoms with Crippen LogP contribution in [0.25, 0.3) is 27.9 Å². The lowest BCUT2D eigenvalue weighted by Crippen LogP contribution is -2.09. The van der Waals surface area contributed by atoms with E-state index < -0.39 is 17.9 Å². The van der Waals surface area contributed by atoms with Crippen LogP contribution >= 0.6 is 22.6 Å². The van der Waals surface area contributed by atoms with Crippen molar-refractivity contribution in [3.63, 3.8) is 0 Å². The van der Waals surface area contributed by atoms with Crippen LogP contribution in [-0.2, 0) is 11.0 Å². The van der Waals surface area contributed by atoms with E-state index in [0.29, 0.717) is 22.2 Å². The minimum atomic E-state index is -4.73. The monoisotopic (exact) mass is 525 g/mol. The number of carbonyl (C=O) groups excluding carboxylic acids is 2. The van der Waals surface area contributed by atoms with E-state index in [1.165, 1.54) is 6.07 Å². The van der Waals surface area contributed by atoms with Crippen molar-refractivity contribution in [3.05, 3.63) is 63.3 Å². The molecule has 2 aromatic carbocycles. The van der Waals surface area contributed by atoms with Gasteiger partial charge in [-0.1, -0.05) is 12.1 Å². The zero-order valence-corrected chi connectivity index (χ0v) is 17.4. The number of nitrogens with zero attached hydrogens (tertiary/aromatic N) is 3. The number of aldehydes is 1. The molecular formula is C20H11F3IN3O3. The van der Waals surface area contributed by atoms with Gasteiger partial charge >= 0.3 is 12.1 Å². The Bertz CT molecular complexity index is 1310. The molecular weight excluding hydrogens is 514 g/mol. The fourth-order valence-corrected chi connectivity index (χ4v) is 4.00. The molecule has 0 saturated carbocycles. The van der Waals surface area contributed by atoms with Gasteiger partial charge in [-0.15, -0.1) is 10.2 Å². The van der Waals surface area contributed by atoms with Crippen molar-refractivity contribution in [2.45, 2.75) is 13.1 Å². The predicted molar refractivity (Wildman–Crippen MR) is 109 cm³/mol. The molecule has 0 amide bonds. The second-order valence-corrected chi connectivity index (χ2v) is 7.61. The second kappa shape index (κ2) is 7.35. The fraction of sp³-hybridized carbons (Fsp3) is 0.100. The molecule has 0 atom stereocenters. The van der Waals surface area contributed by atoms with E-state index in [1.54, 1.807) is 29.8 Å². The highest BCUT2D eigenvalue weighted by Crippen LogP contribution is 2.33. The lowest BCUT2D eigenvalue weighted by atomic mass is 10.1. The van der Waals surface area contributed by atoms with Crippen molar-refractivity contribution in [1.82, 2.24) is 14.8 Å². The standard InChI is InChI=1S/C20H11F3IN3O3/c1-10-7-11(18-25-26-19(30-18)20(21,22)23)5-6-14(10)27-8-12-3-2-4-13(24)16(12)17(27)15(29)9-28/h2-9H,1H3. The molecule has 4 aromatic rings. The van der Waals surface area contributed by atoms with E-state index >= 15 is 0 Å². The Balaban J connectivity index is 1.85. The number of rotatable bonds is 4. The van der Waals surface area contributed by atoms with Crippen LogP contribution in [0.3, 0.4) is 0 Å². The van der Waals surface area contributed by atoms with Gasteiger partial charge in [-0.3, -0.25) is 9.59 Å². The molecule has 2 aromatic heterocycles. The van der Waals surface area contributed by atoms with Crippen molar-refractivity contribution in [1.29, 1.82) is 0 Å². The number of aryl methyl sites for hydroxylation is 1. The van der Waals surface area contributed by atoms with Crippen molar-refractivity contribution < 1.29 is 27.2 Å². The van der Waals surface area contributed by atoms with E-state index in [-0.39, 0.29) is 17.9 Å². The highest BCUT2D eigenvalue weighted by atomic mass is 127. The van der Waals surface area contributed by atoms with Gasteiger partial charge in [0.05, 0.1) is 0 Å². The maximum absolute atomic E-state index is 12.7. The Labute approximate surface area is 180 Å². The zero-order valence-electron chi connectivity index (χ0n) is 15.2. The van der Waals surface area contributed by atoms with E-state index in [2.05, 4.69) is 32.8 Å². The summed E-state index contributed by atoms with van der Waals surface area (Å²) >= 11 is 2.10. The number of benzene rings is 2. The first-order chi connectivity index (χ1) is 14.2. The Hall–Kier alpha value is -3.02. The Morgan fingerprint density at radius 3 is 2.60 bits per heavy atom. The third-order valence-corrected chi connectivity index (χ3v) is 5.40. The molecule has 0 spiro atoms. The molecule has 0 radical (unpaired) electrons. The smallest absolute Gasteiger partial charge is 0.413 e.